The Labute approximate surface area is 127 Å². The lowest BCUT2D eigenvalue weighted by Gasteiger charge is -2.13. The lowest BCUT2D eigenvalue weighted by Crippen LogP contribution is -2.37. The van der Waals surface area contributed by atoms with Crippen LogP contribution >= 0.6 is 11.6 Å². The molecule has 110 valence electrons. The van der Waals surface area contributed by atoms with Gasteiger partial charge in [-0.25, -0.2) is 4.98 Å². The average molecular weight is 306 g/mol. The van der Waals surface area contributed by atoms with Gasteiger partial charge in [-0.1, -0.05) is 23.7 Å². The molecule has 2 rings (SSSR count). The summed E-state index contributed by atoms with van der Waals surface area (Å²) in [6.45, 7) is 1.76. The molecule has 0 saturated heterocycles. The molecule has 5 nitrogen and oxygen atoms in total. The third-order valence-electron chi connectivity index (χ3n) is 3.04. The Hall–Kier alpha value is -2.11. The molecule has 1 heterocycles. The molecule has 1 aromatic carbocycles. The van der Waals surface area contributed by atoms with Crippen molar-refractivity contribution in [1.29, 1.82) is 0 Å². The summed E-state index contributed by atoms with van der Waals surface area (Å²) in [5.74, 6) is -0.116. The number of rotatable bonds is 4. The maximum absolute atomic E-state index is 12.1. The summed E-state index contributed by atoms with van der Waals surface area (Å²) in [5.41, 5.74) is 7.99. The van der Waals surface area contributed by atoms with E-state index in [-0.39, 0.29) is 11.7 Å². The van der Waals surface area contributed by atoms with Crippen LogP contribution in [-0.2, 0) is 11.2 Å². The Balaban J connectivity index is 2.00. The first-order valence-electron chi connectivity index (χ1n) is 6.43. The predicted octanol–water partition coefficient (Wildman–Crippen LogP) is 2.26. The first kappa shape index (κ1) is 15.3. The van der Waals surface area contributed by atoms with Crippen LogP contribution in [0.1, 0.15) is 11.3 Å². The molecule has 0 aliphatic carbocycles. The van der Waals surface area contributed by atoms with Crippen LogP contribution in [0.3, 0.4) is 0 Å². The van der Waals surface area contributed by atoms with Crippen LogP contribution < -0.4 is 11.1 Å². The van der Waals surface area contributed by atoms with Crippen LogP contribution in [0, 0.1) is 6.92 Å². The average Bonchev–Trinajstić information content (AvgIpc) is 2.44. The number of nitrogens with zero attached hydrogens (tertiary/aromatic N) is 1. The van der Waals surface area contributed by atoms with Crippen LogP contribution in [0.15, 0.2) is 36.4 Å². The third kappa shape index (κ3) is 4.18. The minimum Gasteiger partial charge on any atom is -0.508 e. The monoisotopic (exact) mass is 305 g/mol. The maximum Gasteiger partial charge on any atom is 0.241 e. The molecule has 0 spiro atoms. The molecule has 0 aliphatic rings. The van der Waals surface area contributed by atoms with Crippen molar-refractivity contribution >= 4 is 23.2 Å². The number of aryl methyl sites for hydroxylation is 1. The number of nitrogens with two attached hydrogens (primary N) is 1. The Morgan fingerprint density at radius 1 is 1.33 bits per heavy atom. The Morgan fingerprint density at radius 2 is 2.00 bits per heavy atom. The highest BCUT2D eigenvalue weighted by Gasteiger charge is 2.15. The van der Waals surface area contributed by atoms with Crippen molar-refractivity contribution in [2.75, 3.05) is 5.32 Å². The summed E-state index contributed by atoms with van der Waals surface area (Å²) < 4.78 is 0. The van der Waals surface area contributed by atoms with Gasteiger partial charge in [-0.15, -0.1) is 0 Å². The van der Waals surface area contributed by atoms with Gasteiger partial charge < -0.3 is 16.2 Å². The zero-order chi connectivity index (χ0) is 15.4. The van der Waals surface area contributed by atoms with E-state index < -0.39 is 6.04 Å². The maximum atomic E-state index is 12.1. The SMILES string of the molecule is Cc1nc(Cl)ccc1NC(=O)[C@@H](N)Cc1ccc(O)cc1. The predicted molar refractivity (Wildman–Crippen MR) is 82.4 cm³/mol. The van der Waals surface area contributed by atoms with Gasteiger partial charge in [0.1, 0.15) is 10.9 Å². The number of aromatic hydroxyl groups is 1. The fourth-order valence-electron chi connectivity index (χ4n) is 1.87. The number of carbonyl (C=O) groups is 1. The number of nitrogens with one attached hydrogen (secondary N) is 1. The Kier molecular flexibility index (Phi) is 4.77. The van der Waals surface area contributed by atoms with Crippen LogP contribution in [-0.4, -0.2) is 22.0 Å². The zero-order valence-electron chi connectivity index (χ0n) is 11.5. The number of pyridine rings is 1. The molecule has 4 N–H and O–H groups in total. The van der Waals surface area contributed by atoms with Gasteiger partial charge in [0.05, 0.1) is 17.4 Å². The number of hydrogen-bond donors (Lipinski definition) is 3. The molecule has 0 aliphatic heterocycles. The van der Waals surface area contributed by atoms with Crippen molar-refractivity contribution in [2.24, 2.45) is 5.73 Å². The highest BCUT2D eigenvalue weighted by Crippen LogP contribution is 2.16. The van der Waals surface area contributed by atoms with Crippen LogP contribution in [0.25, 0.3) is 0 Å². The van der Waals surface area contributed by atoms with E-state index in [0.717, 1.165) is 5.56 Å². The second kappa shape index (κ2) is 6.56. The minimum atomic E-state index is -0.690. The normalized spacial score (nSPS) is 12.0. The largest absolute Gasteiger partial charge is 0.508 e. The fraction of sp³-hybridized carbons (Fsp3) is 0.200. The number of halogens is 1. The standard InChI is InChI=1S/C15H16ClN3O2/c1-9-13(6-7-14(16)18-9)19-15(21)12(17)8-10-2-4-11(20)5-3-10/h2-7,12,20H,8,17H2,1H3,(H,19,21)/t12-/m0/s1. The number of aromatic nitrogens is 1. The number of carbonyl (C=O) groups excluding carboxylic acids is 1. The Bertz CT molecular complexity index is 644. The van der Waals surface area contributed by atoms with E-state index in [9.17, 15) is 9.90 Å². The van der Waals surface area contributed by atoms with Gasteiger partial charge in [-0.2, -0.15) is 0 Å². The molecular weight excluding hydrogens is 290 g/mol. The third-order valence-corrected chi connectivity index (χ3v) is 3.25. The van der Waals surface area contributed by atoms with Crippen molar-refractivity contribution in [3.05, 3.63) is 52.8 Å². The molecule has 0 saturated carbocycles. The molecule has 2 aromatic rings. The van der Waals surface area contributed by atoms with Crippen LogP contribution in [0.5, 0.6) is 5.75 Å². The summed E-state index contributed by atoms with van der Waals surface area (Å²) in [6.07, 6.45) is 0.381. The van der Waals surface area contributed by atoms with E-state index in [2.05, 4.69) is 10.3 Å². The van der Waals surface area contributed by atoms with Crippen molar-refractivity contribution in [1.82, 2.24) is 4.98 Å². The van der Waals surface area contributed by atoms with E-state index in [4.69, 9.17) is 17.3 Å². The number of amides is 1. The van der Waals surface area contributed by atoms with E-state index in [1.54, 1.807) is 43.3 Å². The molecule has 0 fully saturated rings. The molecule has 1 atom stereocenters. The van der Waals surface area contributed by atoms with Crippen LogP contribution in [0.4, 0.5) is 5.69 Å². The van der Waals surface area contributed by atoms with Crippen molar-refractivity contribution in [3.63, 3.8) is 0 Å². The summed E-state index contributed by atoms with van der Waals surface area (Å²) in [5, 5.41) is 12.3. The molecule has 21 heavy (non-hydrogen) atoms. The number of phenolic OH excluding ortho intramolecular Hbond substituents is 1. The first-order valence-corrected chi connectivity index (χ1v) is 6.81. The zero-order valence-corrected chi connectivity index (χ0v) is 12.3. The summed E-state index contributed by atoms with van der Waals surface area (Å²) in [7, 11) is 0. The number of anilines is 1. The lowest BCUT2D eigenvalue weighted by atomic mass is 10.1. The minimum absolute atomic E-state index is 0.180. The topological polar surface area (TPSA) is 88.2 Å². The van der Waals surface area contributed by atoms with Gasteiger partial charge in [-0.3, -0.25) is 4.79 Å². The van der Waals surface area contributed by atoms with Crippen molar-refractivity contribution in [2.45, 2.75) is 19.4 Å². The second-order valence-electron chi connectivity index (χ2n) is 4.73. The van der Waals surface area contributed by atoms with E-state index in [1.807, 2.05) is 0 Å². The quantitative estimate of drug-likeness (QED) is 0.756. The molecule has 1 aromatic heterocycles. The van der Waals surface area contributed by atoms with Gasteiger partial charge in [0.2, 0.25) is 5.91 Å². The van der Waals surface area contributed by atoms with Gasteiger partial charge in [-0.05, 0) is 43.2 Å². The van der Waals surface area contributed by atoms with Gasteiger partial charge >= 0.3 is 0 Å². The molecule has 1 amide bonds. The molecule has 0 radical (unpaired) electrons. The smallest absolute Gasteiger partial charge is 0.241 e. The number of benzene rings is 1. The number of hydrogen-bond acceptors (Lipinski definition) is 4. The van der Waals surface area contributed by atoms with E-state index >= 15 is 0 Å². The van der Waals surface area contributed by atoms with Crippen molar-refractivity contribution < 1.29 is 9.90 Å². The fourth-order valence-corrected chi connectivity index (χ4v) is 2.06. The van der Waals surface area contributed by atoms with E-state index in [0.29, 0.717) is 23.0 Å². The summed E-state index contributed by atoms with van der Waals surface area (Å²) in [6, 6.07) is 9.20. The molecular formula is C15H16ClN3O2. The van der Waals surface area contributed by atoms with Gasteiger partial charge in [0, 0.05) is 0 Å². The first-order chi connectivity index (χ1) is 9.95. The molecule has 0 bridgehead atoms. The van der Waals surface area contributed by atoms with Crippen molar-refractivity contribution in [3.8, 4) is 5.75 Å². The summed E-state index contributed by atoms with van der Waals surface area (Å²) in [4.78, 5) is 16.1. The lowest BCUT2D eigenvalue weighted by molar-refractivity contribution is -0.117. The highest BCUT2D eigenvalue weighted by molar-refractivity contribution is 6.29. The molecule has 0 unspecified atom stereocenters. The molecule has 6 heteroatoms. The second-order valence-corrected chi connectivity index (χ2v) is 5.12. The van der Waals surface area contributed by atoms with E-state index in [1.165, 1.54) is 0 Å². The summed E-state index contributed by atoms with van der Waals surface area (Å²) >= 11 is 5.77. The Morgan fingerprint density at radius 3 is 2.62 bits per heavy atom. The van der Waals surface area contributed by atoms with Crippen LogP contribution in [0.2, 0.25) is 5.15 Å². The number of phenols is 1. The van der Waals surface area contributed by atoms with Gasteiger partial charge in [0.15, 0.2) is 0 Å². The highest BCUT2D eigenvalue weighted by atomic mass is 35.5. The van der Waals surface area contributed by atoms with Gasteiger partial charge in [0.25, 0.3) is 0 Å².